The Morgan fingerprint density at radius 1 is 1.47 bits per heavy atom. The highest BCUT2D eigenvalue weighted by Gasteiger charge is 2.15. The van der Waals surface area contributed by atoms with Gasteiger partial charge in [0.05, 0.1) is 6.10 Å². The van der Waals surface area contributed by atoms with Crippen LogP contribution in [0, 0.1) is 0 Å². The van der Waals surface area contributed by atoms with Crippen molar-refractivity contribution < 1.29 is 4.74 Å². The van der Waals surface area contributed by atoms with E-state index in [4.69, 9.17) is 10.5 Å². The molecule has 1 aromatic rings. The van der Waals surface area contributed by atoms with Crippen molar-refractivity contribution in [2.24, 2.45) is 0 Å². The summed E-state index contributed by atoms with van der Waals surface area (Å²) < 4.78 is 5.73. The number of hydrogen-bond acceptors (Lipinski definition) is 4. The van der Waals surface area contributed by atoms with Gasteiger partial charge in [0.25, 0.3) is 0 Å². The van der Waals surface area contributed by atoms with Gasteiger partial charge in [-0.25, -0.2) is 4.98 Å². The highest BCUT2D eigenvalue weighted by molar-refractivity contribution is 5.29. The zero-order valence-electron chi connectivity index (χ0n) is 10.4. The molecule has 1 unspecified atom stereocenters. The van der Waals surface area contributed by atoms with Gasteiger partial charge in [-0.2, -0.15) is 0 Å². The first-order chi connectivity index (χ1) is 8.24. The number of likely N-dealkylation sites (N-methyl/N-ethyl adjacent to an activating group) is 1. The highest BCUT2D eigenvalue weighted by atomic mass is 16.5. The molecule has 1 aromatic heterocycles. The van der Waals surface area contributed by atoms with Gasteiger partial charge in [-0.3, -0.25) is 4.90 Å². The molecule has 0 saturated carbocycles. The Morgan fingerprint density at radius 2 is 2.35 bits per heavy atom. The van der Waals surface area contributed by atoms with Gasteiger partial charge in [0.15, 0.2) is 0 Å². The van der Waals surface area contributed by atoms with Crippen LogP contribution in [-0.2, 0) is 11.3 Å². The smallest absolute Gasteiger partial charge is 0.123 e. The average molecular weight is 235 g/mol. The maximum absolute atomic E-state index is 5.73. The molecule has 1 saturated heterocycles. The van der Waals surface area contributed by atoms with Crippen LogP contribution in [0.15, 0.2) is 18.3 Å². The van der Waals surface area contributed by atoms with Crippen molar-refractivity contribution in [3.63, 3.8) is 0 Å². The van der Waals surface area contributed by atoms with E-state index in [9.17, 15) is 0 Å². The van der Waals surface area contributed by atoms with Gasteiger partial charge >= 0.3 is 0 Å². The molecule has 2 N–H and O–H groups in total. The molecule has 1 atom stereocenters. The molecule has 0 bridgehead atoms. The number of aromatic nitrogens is 1. The van der Waals surface area contributed by atoms with Gasteiger partial charge in [0, 0.05) is 25.9 Å². The number of anilines is 1. The van der Waals surface area contributed by atoms with Crippen LogP contribution in [0.2, 0.25) is 0 Å². The standard InChI is InChI=1S/C13H21N3O/c1-16(10-12-4-2-3-7-17-12)9-11-5-6-13(14)15-8-11/h5-6,8,12H,2-4,7,9-10H2,1H3,(H2,14,15). The number of ether oxygens (including phenoxy) is 1. The van der Waals surface area contributed by atoms with E-state index in [1.165, 1.54) is 24.8 Å². The predicted molar refractivity (Wildman–Crippen MR) is 68.6 cm³/mol. The Labute approximate surface area is 103 Å². The van der Waals surface area contributed by atoms with Crippen LogP contribution < -0.4 is 5.73 Å². The molecule has 2 heterocycles. The van der Waals surface area contributed by atoms with Crippen molar-refractivity contribution in [1.29, 1.82) is 0 Å². The van der Waals surface area contributed by atoms with E-state index in [1.54, 1.807) is 0 Å². The number of nitrogens with zero attached hydrogens (tertiary/aromatic N) is 2. The van der Waals surface area contributed by atoms with Crippen LogP contribution >= 0.6 is 0 Å². The zero-order chi connectivity index (χ0) is 12.1. The first kappa shape index (κ1) is 12.3. The van der Waals surface area contributed by atoms with Crippen molar-refractivity contribution in [2.45, 2.75) is 31.9 Å². The molecule has 94 valence electrons. The summed E-state index contributed by atoms with van der Waals surface area (Å²) in [5.41, 5.74) is 6.75. The zero-order valence-corrected chi connectivity index (χ0v) is 10.4. The number of rotatable bonds is 4. The van der Waals surface area contributed by atoms with E-state index in [1.807, 2.05) is 18.3 Å². The summed E-state index contributed by atoms with van der Waals surface area (Å²) in [6, 6.07) is 3.88. The molecule has 0 spiro atoms. The van der Waals surface area contributed by atoms with Crippen LogP contribution in [0.5, 0.6) is 0 Å². The molecular weight excluding hydrogens is 214 g/mol. The molecule has 4 heteroatoms. The van der Waals surface area contributed by atoms with Crippen LogP contribution in [-0.4, -0.2) is 36.2 Å². The average Bonchev–Trinajstić information content (AvgIpc) is 2.33. The lowest BCUT2D eigenvalue weighted by molar-refractivity contribution is -0.00260. The van der Waals surface area contributed by atoms with E-state index in [2.05, 4.69) is 16.9 Å². The van der Waals surface area contributed by atoms with E-state index < -0.39 is 0 Å². The van der Waals surface area contributed by atoms with Crippen molar-refractivity contribution in [3.05, 3.63) is 23.9 Å². The minimum absolute atomic E-state index is 0.399. The summed E-state index contributed by atoms with van der Waals surface area (Å²) in [6.07, 6.45) is 5.93. The van der Waals surface area contributed by atoms with Crippen LogP contribution in [0.25, 0.3) is 0 Å². The Kier molecular flexibility index (Phi) is 4.34. The fraction of sp³-hybridized carbons (Fsp3) is 0.615. The second kappa shape index (κ2) is 5.98. The third-order valence-electron chi connectivity index (χ3n) is 3.09. The van der Waals surface area contributed by atoms with Gasteiger partial charge in [0.2, 0.25) is 0 Å². The fourth-order valence-corrected chi connectivity index (χ4v) is 2.20. The van der Waals surface area contributed by atoms with Gasteiger partial charge in [-0.05, 0) is 37.9 Å². The topological polar surface area (TPSA) is 51.4 Å². The molecule has 1 aliphatic rings. The summed E-state index contributed by atoms with van der Waals surface area (Å²) in [7, 11) is 2.12. The van der Waals surface area contributed by atoms with Crippen LogP contribution in [0.4, 0.5) is 5.82 Å². The highest BCUT2D eigenvalue weighted by Crippen LogP contribution is 2.14. The quantitative estimate of drug-likeness (QED) is 0.862. The van der Waals surface area contributed by atoms with E-state index in [0.717, 1.165) is 19.7 Å². The lowest BCUT2D eigenvalue weighted by Gasteiger charge is -2.27. The van der Waals surface area contributed by atoms with Gasteiger partial charge in [0.1, 0.15) is 5.82 Å². The maximum Gasteiger partial charge on any atom is 0.123 e. The van der Waals surface area contributed by atoms with Gasteiger partial charge in [-0.1, -0.05) is 6.07 Å². The SMILES string of the molecule is CN(Cc1ccc(N)nc1)CC1CCCCO1. The third kappa shape index (κ3) is 3.98. The Morgan fingerprint density at radius 3 is 3.00 bits per heavy atom. The summed E-state index contributed by atoms with van der Waals surface area (Å²) >= 11 is 0. The summed E-state index contributed by atoms with van der Waals surface area (Å²) in [5, 5.41) is 0. The van der Waals surface area contributed by atoms with Crippen molar-refractivity contribution in [2.75, 3.05) is 25.9 Å². The lowest BCUT2D eigenvalue weighted by Crippen LogP contribution is -2.33. The predicted octanol–water partition coefficient (Wildman–Crippen LogP) is 1.66. The van der Waals surface area contributed by atoms with Crippen LogP contribution in [0.3, 0.4) is 0 Å². The van der Waals surface area contributed by atoms with Crippen molar-refractivity contribution in [1.82, 2.24) is 9.88 Å². The summed E-state index contributed by atoms with van der Waals surface area (Å²) in [4.78, 5) is 6.38. The van der Waals surface area contributed by atoms with Gasteiger partial charge in [-0.15, -0.1) is 0 Å². The van der Waals surface area contributed by atoms with Crippen molar-refractivity contribution >= 4 is 5.82 Å². The molecular formula is C13H21N3O. The summed E-state index contributed by atoms with van der Waals surface area (Å²) in [5.74, 6) is 0.576. The van der Waals surface area contributed by atoms with Crippen molar-refractivity contribution in [3.8, 4) is 0 Å². The van der Waals surface area contributed by atoms with E-state index in [-0.39, 0.29) is 0 Å². The maximum atomic E-state index is 5.73. The molecule has 0 amide bonds. The van der Waals surface area contributed by atoms with E-state index in [0.29, 0.717) is 11.9 Å². The molecule has 0 aromatic carbocycles. The molecule has 1 fully saturated rings. The minimum atomic E-state index is 0.399. The number of nitrogens with two attached hydrogens (primary N) is 1. The monoisotopic (exact) mass is 235 g/mol. The molecule has 0 aliphatic carbocycles. The minimum Gasteiger partial charge on any atom is -0.384 e. The second-order valence-corrected chi connectivity index (χ2v) is 4.78. The largest absolute Gasteiger partial charge is 0.384 e. The number of hydrogen-bond donors (Lipinski definition) is 1. The normalized spacial score (nSPS) is 20.7. The molecule has 17 heavy (non-hydrogen) atoms. The van der Waals surface area contributed by atoms with E-state index >= 15 is 0 Å². The first-order valence-corrected chi connectivity index (χ1v) is 6.24. The molecule has 2 rings (SSSR count). The third-order valence-corrected chi connectivity index (χ3v) is 3.09. The molecule has 1 aliphatic heterocycles. The first-order valence-electron chi connectivity index (χ1n) is 6.24. The summed E-state index contributed by atoms with van der Waals surface area (Å²) in [6.45, 7) is 2.81. The van der Waals surface area contributed by atoms with Gasteiger partial charge < -0.3 is 10.5 Å². The second-order valence-electron chi connectivity index (χ2n) is 4.78. The Balaban J connectivity index is 1.79. The molecule has 4 nitrogen and oxygen atoms in total. The fourth-order valence-electron chi connectivity index (χ4n) is 2.20. The molecule has 0 radical (unpaired) electrons. The van der Waals surface area contributed by atoms with Crippen LogP contribution in [0.1, 0.15) is 24.8 Å². The number of pyridine rings is 1. The Bertz CT molecular complexity index is 333. The lowest BCUT2D eigenvalue weighted by atomic mass is 10.1. The number of nitrogen functional groups attached to an aromatic ring is 1. The Hall–Kier alpha value is -1.13.